The highest BCUT2D eigenvalue weighted by Gasteiger charge is 2.30. The summed E-state index contributed by atoms with van der Waals surface area (Å²) in [7, 11) is 1.76. The molecule has 0 bridgehead atoms. The Morgan fingerprint density at radius 1 is 1.20 bits per heavy atom. The number of phenols is 1. The topological polar surface area (TPSA) is 52.6 Å². The van der Waals surface area contributed by atoms with Crippen LogP contribution in [0.3, 0.4) is 0 Å². The molecule has 0 saturated carbocycles. The maximum atomic E-state index is 12.6. The number of hydrogen-bond donors (Lipinski definition) is 2. The van der Waals surface area contributed by atoms with Gasteiger partial charge in [-0.25, -0.2) is 0 Å². The lowest BCUT2D eigenvalue weighted by molar-refractivity contribution is -0.119. The summed E-state index contributed by atoms with van der Waals surface area (Å²) in [6.45, 7) is 0.626. The van der Waals surface area contributed by atoms with Crippen molar-refractivity contribution in [2.24, 2.45) is 0 Å². The van der Waals surface area contributed by atoms with Crippen LogP contribution in [0.4, 0.5) is 11.4 Å². The van der Waals surface area contributed by atoms with Gasteiger partial charge in [0.2, 0.25) is 5.91 Å². The van der Waals surface area contributed by atoms with E-state index in [1.54, 1.807) is 36.2 Å². The minimum Gasteiger partial charge on any atom is -0.508 e. The van der Waals surface area contributed by atoms with Gasteiger partial charge in [-0.15, -0.1) is 0 Å². The van der Waals surface area contributed by atoms with E-state index in [2.05, 4.69) is 5.32 Å². The number of nitrogens with zero attached hydrogens (tertiary/aromatic N) is 1. The molecule has 0 spiro atoms. The normalized spacial score (nSPS) is 16.4. The predicted molar refractivity (Wildman–Crippen MR) is 79.2 cm³/mol. The number of fused-ring (bicyclic) bond motifs is 1. The van der Waals surface area contributed by atoms with Gasteiger partial charge in [0.25, 0.3) is 0 Å². The highest BCUT2D eigenvalue weighted by molar-refractivity contribution is 5.99. The summed E-state index contributed by atoms with van der Waals surface area (Å²) >= 11 is 0. The Bertz CT molecular complexity index is 637. The van der Waals surface area contributed by atoms with E-state index in [4.69, 9.17) is 0 Å². The molecule has 0 fully saturated rings. The first-order valence-electron chi connectivity index (χ1n) is 6.56. The average molecular weight is 268 g/mol. The van der Waals surface area contributed by atoms with Crippen molar-refractivity contribution in [1.29, 1.82) is 0 Å². The maximum absolute atomic E-state index is 12.6. The Balaban J connectivity index is 1.85. The Hall–Kier alpha value is -2.49. The molecule has 1 heterocycles. The maximum Gasteiger partial charge on any atom is 0.236 e. The van der Waals surface area contributed by atoms with Crippen LogP contribution in [0.25, 0.3) is 0 Å². The number of amides is 1. The standard InChI is InChI=1S/C16H16N2O2/c1-18(11-6-8-12(19)9-7-11)16(20)14-10-17-15-5-3-2-4-13(14)15/h2-9,14,17,19H,10H2,1H3. The lowest BCUT2D eigenvalue weighted by Crippen LogP contribution is -2.32. The molecule has 2 aromatic rings. The fourth-order valence-corrected chi connectivity index (χ4v) is 2.54. The first-order valence-corrected chi connectivity index (χ1v) is 6.56. The van der Waals surface area contributed by atoms with Crippen LogP contribution in [0.15, 0.2) is 48.5 Å². The van der Waals surface area contributed by atoms with Crippen molar-refractivity contribution in [2.45, 2.75) is 5.92 Å². The summed E-state index contributed by atoms with van der Waals surface area (Å²) in [5, 5.41) is 12.6. The summed E-state index contributed by atoms with van der Waals surface area (Å²) in [6, 6.07) is 14.5. The molecule has 2 N–H and O–H groups in total. The quantitative estimate of drug-likeness (QED) is 0.880. The molecule has 2 aromatic carbocycles. The molecule has 1 atom stereocenters. The zero-order valence-electron chi connectivity index (χ0n) is 11.2. The molecule has 1 amide bonds. The van der Waals surface area contributed by atoms with Crippen molar-refractivity contribution in [2.75, 3.05) is 23.8 Å². The monoisotopic (exact) mass is 268 g/mol. The smallest absolute Gasteiger partial charge is 0.236 e. The van der Waals surface area contributed by atoms with Crippen molar-refractivity contribution in [3.8, 4) is 5.75 Å². The fraction of sp³-hybridized carbons (Fsp3) is 0.188. The van der Waals surface area contributed by atoms with Crippen LogP contribution < -0.4 is 10.2 Å². The summed E-state index contributed by atoms with van der Waals surface area (Å²) in [5.41, 5.74) is 2.85. The molecule has 20 heavy (non-hydrogen) atoms. The van der Waals surface area contributed by atoms with Crippen molar-refractivity contribution in [1.82, 2.24) is 0 Å². The molecule has 102 valence electrons. The third-order valence-corrected chi connectivity index (χ3v) is 3.70. The Morgan fingerprint density at radius 3 is 2.65 bits per heavy atom. The number of benzene rings is 2. The van der Waals surface area contributed by atoms with E-state index in [0.717, 1.165) is 16.9 Å². The number of carbonyl (C=O) groups is 1. The fourth-order valence-electron chi connectivity index (χ4n) is 2.54. The number of anilines is 2. The highest BCUT2D eigenvalue weighted by Crippen LogP contribution is 2.33. The first kappa shape index (κ1) is 12.5. The molecule has 3 rings (SSSR count). The minimum atomic E-state index is -0.162. The van der Waals surface area contributed by atoms with Gasteiger partial charge in [-0.3, -0.25) is 4.79 Å². The minimum absolute atomic E-state index is 0.0492. The lowest BCUT2D eigenvalue weighted by atomic mass is 10.00. The lowest BCUT2D eigenvalue weighted by Gasteiger charge is -2.21. The van der Waals surface area contributed by atoms with Crippen LogP contribution >= 0.6 is 0 Å². The number of nitrogens with one attached hydrogen (secondary N) is 1. The highest BCUT2D eigenvalue weighted by atomic mass is 16.3. The van der Waals surface area contributed by atoms with E-state index >= 15 is 0 Å². The zero-order chi connectivity index (χ0) is 14.1. The van der Waals surface area contributed by atoms with Crippen molar-refractivity contribution >= 4 is 17.3 Å². The molecule has 0 aromatic heterocycles. The number of para-hydroxylation sites is 1. The second-order valence-corrected chi connectivity index (χ2v) is 4.93. The van der Waals surface area contributed by atoms with E-state index in [1.165, 1.54) is 0 Å². The van der Waals surface area contributed by atoms with Gasteiger partial charge in [-0.05, 0) is 35.9 Å². The van der Waals surface area contributed by atoms with E-state index in [-0.39, 0.29) is 17.6 Å². The number of carbonyl (C=O) groups excluding carboxylic acids is 1. The van der Waals surface area contributed by atoms with Crippen LogP contribution in [0, 0.1) is 0 Å². The Kier molecular flexibility index (Phi) is 3.06. The largest absolute Gasteiger partial charge is 0.508 e. The summed E-state index contributed by atoms with van der Waals surface area (Å²) in [4.78, 5) is 14.2. The van der Waals surface area contributed by atoms with Crippen molar-refractivity contribution < 1.29 is 9.90 Å². The number of likely N-dealkylation sites (N-methyl/N-ethyl adjacent to an activating group) is 1. The first-order chi connectivity index (χ1) is 9.66. The molecular weight excluding hydrogens is 252 g/mol. The number of aromatic hydroxyl groups is 1. The van der Waals surface area contributed by atoms with E-state index in [0.29, 0.717) is 6.54 Å². The van der Waals surface area contributed by atoms with E-state index < -0.39 is 0 Å². The Morgan fingerprint density at radius 2 is 1.90 bits per heavy atom. The van der Waals surface area contributed by atoms with Crippen LogP contribution in [0.2, 0.25) is 0 Å². The number of phenolic OH excluding ortho intramolecular Hbond substituents is 1. The predicted octanol–water partition coefficient (Wildman–Crippen LogP) is 2.56. The molecule has 0 aliphatic carbocycles. The summed E-state index contributed by atoms with van der Waals surface area (Å²) in [5.74, 6) is 0.0839. The van der Waals surface area contributed by atoms with Crippen LogP contribution in [0.1, 0.15) is 11.5 Å². The molecular formula is C16H16N2O2. The van der Waals surface area contributed by atoms with Gasteiger partial charge >= 0.3 is 0 Å². The zero-order valence-corrected chi connectivity index (χ0v) is 11.2. The third kappa shape index (κ3) is 2.09. The SMILES string of the molecule is CN(C(=O)C1CNc2ccccc21)c1ccc(O)cc1. The van der Waals surface area contributed by atoms with Gasteiger partial charge in [-0.2, -0.15) is 0 Å². The van der Waals surface area contributed by atoms with Crippen LogP contribution in [-0.2, 0) is 4.79 Å². The number of rotatable bonds is 2. The second kappa shape index (κ2) is 4.89. The van der Waals surface area contributed by atoms with E-state index in [9.17, 15) is 9.90 Å². The van der Waals surface area contributed by atoms with Gasteiger partial charge in [0, 0.05) is 25.0 Å². The molecule has 1 unspecified atom stereocenters. The van der Waals surface area contributed by atoms with Gasteiger partial charge in [0.15, 0.2) is 0 Å². The van der Waals surface area contributed by atoms with Crippen molar-refractivity contribution in [3.05, 3.63) is 54.1 Å². The number of hydrogen-bond acceptors (Lipinski definition) is 3. The molecule has 0 radical (unpaired) electrons. The molecule has 1 aliphatic heterocycles. The average Bonchev–Trinajstić information content (AvgIpc) is 2.90. The van der Waals surface area contributed by atoms with E-state index in [1.807, 2.05) is 24.3 Å². The molecule has 4 nitrogen and oxygen atoms in total. The van der Waals surface area contributed by atoms with Crippen LogP contribution in [-0.4, -0.2) is 24.6 Å². The van der Waals surface area contributed by atoms with Gasteiger partial charge < -0.3 is 15.3 Å². The molecule has 1 aliphatic rings. The van der Waals surface area contributed by atoms with Crippen molar-refractivity contribution in [3.63, 3.8) is 0 Å². The van der Waals surface area contributed by atoms with Gasteiger partial charge in [0.1, 0.15) is 5.75 Å². The summed E-state index contributed by atoms with van der Waals surface area (Å²) in [6.07, 6.45) is 0. The van der Waals surface area contributed by atoms with Crippen LogP contribution in [0.5, 0.6) is 5.75 Å². The second-order valence-electron chi connectivity index (χ2n) is 4.93. The Labute approximate surface area is 117 Å². The van der Waals surface area contributed by atoms with Gasteiger partial charge in [-0.1, -0.05) is 18.2 Å². The molecule has 0 saturated heterocycles. The third-order valence-electron chi connectivity index (χ3n) is 3.70. The summed E-state index contributed by atoms with van der Waals surface area (Å²) < 4.78 is 0. The molecule has 4 heteroatoms. The van der Waals surface area contributed by atoms with Gasteiger partial charge in [0.05, 0.1) is 5.92 Å².